The van der Waals surface area contributed by atoms with Crippen LogP contribution in [0.5, 0.6) is 0 Å². The van der Waals surface area contributed by atoms with E-state index in [0.717, 1.165) is 17.7 Å². The van der Waals surface area contributed by atoms with E-state index in [-0.39, 0.29) is 11.8 Å². The molecule has 0 aromatic heterocycles. The van der Waals surface area contributed by atoms with Crippen molar-refractivity contribution in [2.75, 3.05) is 11.9 Å². The van der Waals surface area contributed by atoms with Gasteiger partial charge in [-0.3, -0.25) is 9.59 Å². The zero-order valence-electron chi connectivity index (χ0n) is 17.2. The molecule has 1 atom stereocenters. The summed E-state index contributed by atoms with van der Waals surface area (Å²) in [5.74, 6) is 1.12. The van der Waals surface area contributed by atoms with Gasteiger partial charge in [-0.05, 0) is 64.8 Å². The summed E-state index contributed by atoms with van der Waals surface area (Å²) in [5.41, 5.74) is 8.26. The molecule has 1 aliphatic heterocycles. The number of carbonyl (C=O) groups is 2. The zero-order chi connectivity index (χ0) is 20.9. The maximum atomic E-state index is 12.9. The molecule has 0 saturated heterocycles. The molecular formula is C27H24N2O2. The fourth-order valence-electron chi connectivity index (χ4n) is 5.81. The second-order valence-corrected chi connectivity index (χ2v) is 8.91. The predicted octanol–water partition coefficient (Wildman–Crippen LogP) is 4.60. The molecule has 2 amide bonds. The minimum Gasteiger partial charge on any atom is -0.352 e. The van der Waals surface area contributed by atoms with Gasteiger partial charge in [0.15, 0.2) is 0 Å². The molecule has 4 nitrogen and oxygen atoms in total. The van der Waals surface area contributed by atoms with Gasteiger partial charge in [-0.1, -0.05) is 48.5 Å². The van der Waals surface area contributed by atoms with E-state index in [9.17, 15) is 9.59 Å². The molecule has 154 valence electrons. The molecule has 3 aliphatic carbocycles. The summed E-state index contributed by atoms with van der Waals surface area (Å²) in [6, 6.07) is 23.1. The summed E-state index contributed by atoms with van der Waals surface area (Å²) in [5, 5.41) is 6.08. The first kappa shape index (κ1) is 18.4. The lowest BCUT2D eigenvalue weighted by molar-refractivity contribution is -0.116. The van der Waals surface area contributed by atoms with Gasteiger partial charge in [-0.2, -0.15) is 0 Å². The number of anilines is 1. The van der Waals surface area contributed by atoms with Gasteiger partial charge < -0.3 is 10.6 Å². The van der Waals surface area contributed by atoms with Crippen molar-refractivity contribution in [1.29, 1.82) is 0 Å². The number of nitrogens with one attached hydrogen (secondary N) is 2. The summed E-state index contributed by atoms with van der Waals surface area (Å²) < 4.78 is 0. The standard InChI is InChI=1S/C27H24N2O2/c30-25-12-10-16-13-17(9-11-24(16)29-25)27(31)28-15-18-14-23-19-5-1-3-7-21(19)26(18)22-8-4-2-6-20(22)23/h1-9,11,13,18,23,26H,10,12,14-15H2,(H,28,31)(H,29,30). The Morgan fingerprint density at radius 2 is 1.58 bits per heavy atom. The van der Waals surface area contributed by atoms with E-state index in [1.165, 1.54) is 22.3 Å². The third kappa shape index (κ3) is 2.97. The lowest BCUT2D eigenvalue weighted by Gasteiger charge is -2.45. The third-order valence-electron chi connectivity index (χ3n) is 7.21. The Hall–Kier alpha value is -3.40. The molecule has 2 bridgehead atoms. The lowest BCUT2D eigenvalue weighted by Crippen LogP contribution is -2.39. The largest absolute Gasteiger partial charge is 0.352 e. The van der Waals surface area contributed by atoms with Gasteiger partial charge in [-0.15, -0.1) is 0 Å². The van der Waals surface area contributed by atoms with Gasteiger partial charge in [0.05, 0.1) is 0 Å². The Morgan fingerprint density at radius 1 is 0.903 bits per heavy atom. The third-order valence-corrected chi connectivity index (χ3v) is 7.21. The van der Waals surface area contributed by atoms with Crippen LogP contribution in [0.25, 0.3) is 0 Å². The van der Waals surface area contributed by atoms with E-state index < -0.39 is 0 Å². The van der Waals surface area contributed by atoms with Crippen LogP contribution in [0.15, 0.2) is 66.7 Å². The zero-order valence-corrected chi connectivity index (χ0v) is 17.2. The smallest absolute Gasteiger partial charge is 0.251 e. The van der Waals surface area contributed by atoms with Gasteiger partial charge in [0.1, 0.15) is 0 Å². The number of hydrogen-bond acceptors (Lipinski definition) is 2. The highest BCUT2D eigenvalue weighted by Gasteiger charge is 2.42. The molecule has 1 unspecified atom stereocenters. The van der Waals surface area contributed by atoms with E-state index in [0.29, 0.717) is 42.7 Å². The summed E-state index contributed by atoms with van der Waals surface area (Å²) in [4.78, 5) is 24.5. The molecule has 4 aliphatic rings. The minimum absolute atomic E-state index is 0.0392. The normalized spacial score (nSPS) is 22.7. The fraction of sp³-hybridized carbons (Fsp3) is 0.259. The van der Waals surface area contributed by atoms with Gasteiger partial charge in [0.25, 0.3) is 5.91 Å². The lowest BCUT2D eigenvalue weighted by atomic mass is 9.59. The van der Waals surface area contributed by atoms with E-state index in [1.807, 2.05) is 12.1 Å². The molecule has 0 fully saturated rings. The Labute approximate surface area is 181 Å². The number of carbonyl (C=O) groups excluding carboxylic acids is 2. The predicted molar refractivity (Wildman–Crippen MR) is 120 cm³/mol. The van der Waals surface area contributed by atoms with Gasteiger partial charge in [0.2, 0.25) is 5.91 Å². The van der Waals surface area contributed by atoms with Crippen molar-refractivity contribution in [3.05, 3.63) is 100 Å². The maximum absolute atomic E-state index is 12.9. The van der Waals surface area contributed by atoms with Crippen LogP contribution < -0.4 is 10.6 Å². The highest BCUT2D eigenvalue weighted by Crippen LogP contribution is 2.55. The molecule has 0 spiro atoms. The van der Waals surface area contributed by atoms with Crippen molar-refractivity contribution in [1.82, 2.24) is 5.32 Å². The molecule has 3 aromatic carbocycles. The second-order valence-electron chi connectivity index (χ2n) is 8.91. The number of hydrogen-bond donors (Lipinski definition) is 2. The SMILES string of the molecule is O=C1CCc2cc(C(=O)NCC3CC4c5ccccc5C3c3ccccc34)ccc2N1. The monoisotopic (exact) mass is 408 g/mol. The quantitative estimate of drug-likeness (QED) is 0.666. The Kier molecular flexibility index (Phi) is 4.20. The van der Waals surface area contributed by atoms with Crippen LogP contribution in [-0.4, -0.2) is 18.4 Å². The van der Waals surface area contributed by atoms with E-state index in [2.05, 4.69) is 59.2 Å². The van der Waals surface area contributed by atoms with Crippen molar-refractivity contribution in [2.45, 2.75) is 31.1 Å². The Bertz CT molecular complexity index is 1170. The van der Waals surface area contributed by atoms with Crippen LogP contribution in [0, 0.1) is 5.92 Å². The topological polar surface area (TPSA) is 58.2 Å². The van der Waals surface area contributed by atoms with Crippen molar-refractivity contribution in [2.24, 2.45) is 5.92 Å². The number of benzene rings is 3. The molecule has 2 N–H and O–H groups in total. The van der Waals surface area contributed by atoms with Crippen LogP contribution in [0.3, 0.4) is 0 Å². The molecule has 0 saturated carbocycles. The van der Waals surface area contributed by atoms with Gasteiger partial charge in [-0.25, -0.2) is 0 Å². The molecule has 3 aromatic rings. The van der Waals surface area contributed by atoms with Crippen molar-refractivity contribution in [3.8, 4) is 0 Å². The van der Waals surface area contributed by atoms with Crippen LogP contribution in [0.1, 0.15) is 62.9 Å². The molecule has 4 heteroatoms. The van der Waals surface area contributed by atoms with Gasteiger partial charge >= 0.3 is 0 Å². The molecule has 0 radical (unpaired) electrons. The number of amides is 2. The van der Waals surface area contributed by atoms with Crippen LogP contribution in [-0.2, 0) is 11.2 Å². The Balaban J connectivity index is 1.24. The fourth-order valence-corrected chi connectivity index (χ4v) is 5.81. The van der Waals surface area contributed by atoms with E-state index in [4.69, 9.17) is 0 Å². The van der Waals surface area contributed by atoms with Crippen molar-refractivity contribution >= 4 is 17.5 Å². The van der Waals surface area contributed by atoms with Gasteiger partial charge in [0, 0.05) is 36.1 Å². The average Bonchev–Trinajstić information content (AvgIpc) is 2.82. The van der Waals surface area contributed by atoms with Crippen molar-refractivity contribution in [3.63, 3.8) is 0 Å². The number of fused-ring (bicyclic) bond motifs is 2. The van der Waals surface area contributed by atoms with Crippen molar-refractivity contribution < 1.29 is 9.59 Å². The first-order chi connectivity index (χ1) is 15.2. The molecule has 1 heterocycles. The highest BCUT2D eigenvalue weighted by molar-refractivity contribution is 5.97. The summed E-state index contributed by atoms with van der Waals surface area (Å²) in [7, 11) is 0. The van der Waals surface area contributed by atoms with Crippen LogP contribution in [0.2, 0.25) is 0 Å². The first-order valence-electron chi connectivity index (χ1n) is 11.1. The summed E-state index contributed by atoms with van der Waals surface area (Å²) >= 11 is 0. The Morgan fingerprint density at radius 3 is 2.29 bits per heavy atom. The highest BCUT2D eigenvalue weighted by atomic mass is 16.2. The van der Waals surface area contributed by atoms with E-state index >= 15 is 0 Å². The molecular weight excluding hydrogens is 384 g/mol. The molecule has 31 heavy (non-hydrogen) atoms. The number of rotatable bonds is 3. The van der Waals surface area contributed by atoms with Crippen LogP contribution >= 0.6 is 0 Å². The molecule has 7 rings (SSSR count). The summed E-state index contributed by atoms with van der Waals surface area (Å²) in [6.07, 6.45) is 2.22. The van der Waals surface area contributed by atoms with Crippen LogP contribution in [0.4, 0.5) is 5.69 Å². The maximum Gasteiger partial charge on any atom is 0.251 e. The summed E-state index contributed by atoms with van der Waals surface area (Å²) in [6.45, 7) is 0.663. The first-order valence-corrected chi connectivity index (χ1v) is 11.1. The average molecular weight is 409 g/mol. The second kappa shape index (κ2) is 7.09. The number of aryl methyl sites for hydroxylation is 1. The van der Waals surface area contributed by atoms with E-state index in [1.54, 1.807) is 6.07 Å². The minimum atomic E-state index is -0.0392.